The molecular formula is C27H31FN8O2. The Hall–Kier alpha value is -3.70. The molecule has 1 aliphatic rings. The topological polar surface area (TPSA) is 109 Å². The molecule has 38 heavy (non-hydrogen) atoms. The minimum absolute atomic E-state index is 0.121. The fourth-order valence-corrected chi connectivity index (χ4v) is 5.83. The van der Waals surface area contributed by atoms with Crippen LogP contribution in [-0.2, 0) is 24.4 Å². The number of aromatic nitrogens is 8. The van der Waals surface area contributed by atoms with E-state index in [1.54, 1.807) is 23.2 Å². The van der Waals surface area contributed by atoms with Crippen molar-refractivity contribution >= 4 is 22.1 Å². The molecule has 0 spiro atoms. The van der Waals surface area contributed by atoms with Crippen molar-refractivity contribution in [3.8, 4) is 11.3 Å². The molecule has 1 saturated heterocycles. The van der Waals surface area contributed by atoms with Crippen LogP contribution in [0.5, 0.6) is 0 Å². The number of halogens is 1. The third kappa shape index (κ3) is 3.88. The predicted molar refractivity (Wildman–Crippen MR) is 140 cm³/mol. The fraction of sp³-hybridized carbons (Fsp3) is 0.444. The minimum atomic E-state index is -1.23. The molecule has 0 bridgehead atoms. The summed E-state index contributed by atoms with van der Waals surface area (Å²) in [4.78, 5) is 9.56. The molecular weight excluding hydrogens is 487 g/mol. The molecule has 0 aliphatic carbocycles. The second-order valence-electron chi connectivity index (χ2n) is 10.6. The van der Waals surface area contributed by atoms with Crippen LogP contribution in [0.15, 0.2) is 30.6 Å². The summed E-state index contributed by atoms with van der Waals surface area (Å²) in [5, 5.41) is 24.3. The number of ether oxygens (including phenoxy) is 1. The summed E-state index contributed by atoms with van der Waals surface area (Å²) in [6.07, 6.45) is 4.91. The Balaban J connectivity index is 1.74. The standard InChI is InChI=1S/C27H31FN8O2/c1-15-22(35(5)33-31-15)17-12-20-21(30-14-17)24-25(26(27(2,3)37)32-34(24)4)36(20)23(16-7-10-38-11-8-16)19-13-18(28)6-9-29-19/h6,9,12-14,16,23,37H,7-8,10-11H2,1-5H3. The second kappa shape index (κ2) is 8.95. The van der Waals surface area contributed by atoms with Crippen LogP contribution in [0.3, 0.4) is 0 Å². The molecule has 10 nitrogen and oxygen atoms in total. The normalized spacial score (nSPS) is 16.1. The monoisotopic (exact) mass is 518 g/mol. The van der Waals surface area contributed by atoms with Gasteiger partial charge >= 0.3 is 0 Å². The Morgan fingerprint density at radius 3 is 2.53 bits per heavy atom. The van der Waals surface area contributed by atoms with Gasteiger partial charge in [-0.25, -0.2) is 9.07 Å². The van der Waals surface area contributed by atoms with Crippen LogP contribution in [0.2, 0.25) is 0 Å². The molecule has 0 radical (unpaired) electrons. The number of nitrogens with zero attached hydrogens (tertiary/aromatic N) is 8. The lowest BCUT2D eigenvalue weighted by atomic mass is 9.88. The molecule has 0 aromatic carbocycles. The van der Waals surface area contributed by atoms with Crippen molar-refractivity contribution in [2.24, 2.45) is 20.0 Å². The van der Waals surface area contributed by atoms with E-state index < -0.39 is 5.60 Å². The van der Waals surface area contributed by atoms with Crippen LogP contribution >= 0.6 is 0 Å². The summed E-state index contributed by atoms with van der Waals surface area (Å²) < 4.78 is 26.0. The van der Waals surface area contributed by atoms with Gasteiger partial charge in [0.1, 0.15) is 28.1 Å². The smallest absolute Gasteiger partial charge is 0.126 e. The Bertz CT molecular complexity index is 1640. The van der Waals surface area contributed by atoms with E-state index in [1.807, 2.05) is 27.2 Å². The van der Waals surface area contributed by atoms with E-state index >= 15 is 0 Å². The third-order valence-electron chi connectivity index (χ3n) is 7.50. The van der Waals surface area contributed by atoms with Crippen molar-refractivity contribution in [2.45, 2.75) is 45.3 Å². The fourth-order valence-electron chi connectivity index (χ4n) is 5.83. The van der Waals surface area contributed by atoms with E-state index in [4.69, 9.17) is 14.8 Å². The van der Waals surface area contributed by atoms with Gasteiger partial charge in [-0.3, -0.25) is 14.6 Å². The molecule has 1 atom stereocenters. The number of aliphatic hydroxyl groups is 1. The third-order valence-corrected chi connectivity index (χ3v) is 7.50. The summed E-state index contributed by atoms with van der Waals surface area (Å²) >= 11 is 0. The van der Waals surface area contributed by atoms with Crippen molar-refractivity contribution in [3.63, 3.8) is 0 Å². The molecule has 11 heteroatoms. The van der Waals surface area contributed by atoms with Crippen LogP contribution in [0, 0.1) is 18.7 Å². The van der Waals surface area contributed by atoms with Crippen molar-refractivity contribution in [1.82, 2.24) is 39.3 Å². The van der Waals surface area contributed by atoms with Gasteiger partial charge in [-0.2, -0.15) is 5.10 Å². The van der Waals surface area contributed by atoms with Gasteiger partial charge in [0.05, 0.1) is 34.2 Å². The average molecular weight is 519 g/mol. The zero-order valence-corrected chi connectivity index (χ0v) is 22.2. The van der Waals surface area contributed by atoms with E-state index in [9.17, 15) is 9.50 Å². The molecule has 0 saturated carbocycles. The zero-order valence-electron chi connectivity index (χ0n) is 22.2. The van der Waals surface area contributed by atoms with Gasteiger partial charge < -0.3 is 14.4 Å². The molecule has 5 aromatic rings. The Kier molecular flexibility index (Phi) is 5.80. The first kappa shape index (κ1) is 24.6. The molecule has 198 valence electrons. The first-order valence-electron chi connectivity index (χ1n) is 12.8. The van der Waals surface area contributed by atoms with E-state index in [2.05, 4.69) is 25.9 Å². The highest BCUT2D eigenvalue weighted by atomic mass is 19.1. The van der Waals surface area contributed by atoms with Gasteiger partial charge in [0.15, 0.2) is 0 Å². The molecule has 1 aliphatic heterocycles. The summed E-state index contributed by atoms with van der Waals surface area (Å²) in [6, 6.07) is 4.61. The van der Waals surface area contributed by atoms with Crippen molar-refractivity contribution < 1.29 is 14.2 Å². The highest BCUT2D eigenvalue weighted by molar-refractivity contribution is 6.06. The lowest BCUT2D eigenvalue weighted by Gasteiger charge is -2.32. The molecule has 1 N–H and O–H groups in total. The zero-order chi connectivity index (χ0) is 26.8. The van der Waals surface area contributed by atoms with Crippen LogP contribution in [0.25, 0.3) is 33.3 Å². The Labute approximate surface area is 219 Å². The number of fused-ring (bicyclic) bond motifs is 3. The quantitative estimate of drug-likeness (QED) is 0.377. The summed E-state index contributed by atoms with van der Waals surface area (Å²) in [7, 11) is 3.71. The van der Waals surface area contributed by atoms with E-state index in [0.29, 0.717) is 24.6 Å². The van der Waals surface area contributed by atoms with Crippen LogP contribution in [-0.4, -0.2) is 57.6 Å². The average Bonchev–Trinajstić information content (AvgIpc) is 3.51. The predicted octanol–water partition coefficient (Wildman–Crippen LogP) is 3.80. The first-order valence-corrected chi connectivity index (χ1v) is 12.8. The summed E-state index contributed by atoms with van der Waals surface area (Å²) in [5.41, 5.74) is 5.60. The highest BCUT2D eigenvalue weighted by Crippen LogP contribution is 2.43. The maximum atomic E-state index is 14.6. The highest BCUT2D eigenvalue weighted by Gasteiger charge is 2.36. The SMILES string of the molecule is Cc1nnn(C)c1-c1cnc2c3c(c(C(C)(C)O)nn3C)n(C(c3cc(F)ccn3)C3CCOCC3)c2c1. The molecule has 1 unspecified atom stereocenters. The maximum absolute atomic E-state index is 14.6. The van der Waals surface area contributed by atoms with Gasteiger partial charge in [-0.1, -0.05) is 5.21 Å². The minimum Gasteiger partial charge on any atom is -0.384 e. The van der Waals surface area contributed by atoms with Crippen molar-refractivity contribution in [2.75, 3.05) is 13.2 Å². The number of aryl methyl sites for hydroxylation is 3. The molecule has 6 rings (SSSR count). The van der Waals surface area contributed by atoms with Gasteiger partial charge in [-0.05, 0) is 57.7 Å². The van der Waals surface area contributed by atoms with Gasteiger partial charge in [0, 0.05) is 45.3 Å². The van der Waals surface area contributed by atoms with E-state index in [0.717, 1.165) is 51.9 Å². The van der Waals surface area contributed by atoms with E-state index in [-0.39, 0.29) is 17.8 Å². The summed E-state index contributed by atoms with van der Waals surface area (Å²) in [6.45, 7) is 6.61. The number of hydrogen-bond donors (Lipinski definition) is 1. The lowest BCUT2D eigenvalue weighted by Crippen LogP contribution is -2.28. The van der Waals surface area contributed by atoms with Gasteiger partial charge in [-0.15, -0.1) is 5.10 Å². The van der Waals surface area contributed by atoms with Crippen molar-refractivity contribution in [3.05, 3.63) is 53.5 Å². The molecule has 5 aromatic heterocycles. The summed E-state index contributed by atoms with van der Waals surface area (Å²) in [5.74, 6) is -0.223. The Morgan fingerprint density at radius 1 is 1.11 bits per heavy atom. The van der Waals surface area contributed by atoms with E-state index in [1.165, 1.54) is 18.3 Å². The van der Waals surface area contributed by atoms with Crippen LogP contribution in [0.1, 0.15) is 49.8 Å². The van der Waals surface area contributed by atoms with Gasteiger partial charge in [0.25, 0.3) is 0 Å². The molecule has 0 amide bonds. The largest absolute Gasteiger partial charge is 0.384 e. The number of pyridine rings is 2. The number of hydrogen-bond acceptors (Lipinski definition) is 7. The van der Waals surface area contributed by atoms with Gasteiger partial charge in [0.2, 0.25) is 0 Å². The van der Waals surface area contributed by atoms with Crippen LogP contribution < -0.4 is 0 Å². The van der Waals surface area contributed by atoms with Crippen molar-refractivity contribution in [1.29, 1.82) is 0 Å². The second-order valence-corrected chi connectivity index (χ2v) is 10.6. The maximum Gasteiger partial charge on any atom is 0.126 e. The lowest BCUT2D eigenvalue weighted by molar-refractivity contribution is 0.0542. The van der Waals surface area contributed by atoms with Crippen LogP contribution in [0.4, 0.5) is 4.39 Å². The molecule has 6 heterocycles. The number of rotatable bonds is 5. The first-order chi connectivity index (χ1) is 18.1. The molecule has 1 fully saturated rings. The Morgan fingerprint density at radius 2 is 1.87 bits per heavy atom.